The van der Waals surface area contributed by atoms with Gasteiger partial charge in [-0.3, -0.25) is 9.59 Å². The molecule has 2 amide bonds. The minimum Gasteiger partial charge on any atom is -0.368 e. The lowest BCUT2D eigenvalue weighted by molar-refractivity contribution is -0.120. The maximum absolute atomic E-state index is 12.2. The van der Waals surface area contributed by atoms with Crippen LogP contribution in [0.4, 0.5) is 0 Å². The Kier molecular flexibility index (Phi) is 3.19. The lowest BCUT2D eigenvalue weighted by Crippen LogP contribution is -2.46. The molecule has 0 bridgehead atoms. The van der Waals surface area contributed by atoms with E-state index in [4.69, 9.17) is 5.73 Å². The number of amides is 2. The summed E-state index contributed by atoms with van der Waals surface area (Å²) in [6.45, 7) is 3.78. The molecule has 0 atom stereocenters. The SMILES string of the molecule is Cc1cc(C(=O)NC2(C(N)=O)CC2)c(C)cc1Br. The van der Waals surface area contributed by atoms with Crippen molar-refractivity contribution in [1.82, 2.24) is 5.32 Å². The van der Waals surface area contributed by atoms with Gasteiger partial charge in [0.2, 0.25) is 5.91 Å². The van der Waals surface area contributed by atoms with Gasteiger partial charge in [-0.2, -0.15) is 0 Å². The first-order chi connectivity index (χ1) is 8.35. The molecule has 1 saturated carbocycles. The van der Waals surface area contributed by atoms with Gasteiger partial charge in [0.15, 0.2) is 0 Å². The van der Waals surface area contributed by atoms with Crippen molar-refractivity contribution in [1.29, 1.82) is 0 Å². The van der Waals surface area contributed by atoms with Crippen LogP contribution in [-0.2, 0) is 4.79 Å². The van der Waals surface area contributed by atoms with Crippen molar-refractivity contribution < 1.29 is 9.59 Å². The second kappa shape index (κ2) is 4.39. The van der Waals surface area contributed by atoms with E-state index in [1.807, 2.05) is 26.0 Å². The summed E-state index contributed by atoms with van der Waals surface area (Å²) in [4.78, 5) is 23.4. The number of hydrogen-bond donors (Lipinski definition) is 2. The number of nitrogens with two attached hydrogens (primary N) is 1. The van der Waals surface area contributed by atoms with E-state index in [0.717, 1.165) is 15.6 Å². The molecule has 1 aliphatic rings. The minimum atomic E-state index is -0.815. The average molecular weight is 311 g/mol. The number of rotatable bonds is 3. The van der Waals surface area contributed by atoms with E-state index in [0.29, 0.717) is 18.4 Å². The fraction of sp³-hybridized carbons (Fsp3) is 0.385. The Bertz CT molecular complexity index is 536. The van der Waals surface area contributed by atoms with Gasteiger partial charge in [-0.15, -0.1) is 0 Å². The van der Waals surface area contributed by atoms with E-state index in [1.165, 1.54) is 0 Å². The zero-order chi connectivity index (χ0) is 13.5. The molecule has 0 spiro atoms. The highest BCUT2D eigenvalue weighted by atomic mass is 79.9. The normalized spacial score (nSPS) is 16.2. The van der Waals surface area contributed by atoms with Crippen LogP contribution in [0.2, 0.25) is 0 Å². The van der Waals surface area contributed by atoms with Crippen LogP contribution < -0.4 is 11.1 Å². The van der Waals surface area contributed by atoms with Crippen molar-refractivity contribution in [2.75, 3.05) is 0 Å². The zero-order valence-corrected chi connectivity index (χ0v) is 11.9. The summed E-state index contributed by atoms with van der Waals surface area (Å²) in [5.41, 5.74) is 6.91. The van der Waals surface area contributed by atoms with E-state index in [1.54, 1.807) is 0 Å². The second-order valence-corrected chi connectivity index (χ2v) is 5.67. The molecule has 1 aromatic rings. The van der Waals surface area contributed by atoms with Crippen LogP contribution >= 0.6 is 15.9 Å². The average Bonchev–Trinajstić information content (AvgIpc) is 3.04. The van der Waals surface area contributed by atoms with Crippen molar-refractivity contribution in [3.8, 4) is 0 Å². The number of carbonyl (C=O) groups is 2. The maximum atomic E-state index is 12.2. The van der Waals surface area contributed by atoms with E-state index >= 15 is 0 Å². The third-order valence-corrected chi connectivity index (χ3v) is 4.18. The third kappa shape index (κ3) is 2.27. The van der Waals surface area contributed by atoms with Gasteiger partial charge in [-0.05, 0) is 49.9 Å². The van der Waals surface area contributed by atoms with Gasteiger partial charge in [0.05, 0.1) is 0 Å². The topological polar surface area (TPSA) is 72.2 Å². The molecular weight excluding hydrogens is 296 g/mol. The van der Waals surface area contributed by atoms with Crippen molar-refractivity contribution in [3.63, 3.8) is 0 Å². The molecule has 0 saturated heterocycles. The Morgan fingerprint density at radius 2 is 1.89 bits per heavy atom. The van der Waals surface area contributed by atoms with Crippen LogP contribution in [0.25, 0.3) is 0 Å². The fourth-order valence-electron chi connectivity index (χ4n) is 1.87. The largest absolute Gasteiger partial charge is 0.368 e. The Morgan fingerprint density at radius 1 is 1.28 bits per heavy atom. The lowest BCUT2D eigenvalue weighted by atomic mass is 10.0. The molecule has 5 heteroatoms. The summed E-state index contributed by atoms with van der Waals surface area (Å²) < 4.78 is 0.965. The molecule has 96 valence electrons. The molecule has 1 aliphatic carbocycles. The molecule has 1 fully saturated rings. The molecule has 2 rings (SSSR count). The van der Waals surface area contributed by atoms with Gasteiger partial charge < -0.3 is 11.1 Å². The highest BCUT2D eigenvalue weighted by Crippen LogP contribution is 2.35. The van der Waals surface area contributed by atoms with E-state index in [9.17, 15) is 9.59 Å². The van der Waals surface area contributed by atoms with Crippen LogP contribution in [0, 0.1) is 13.8 Å². The minimum absolute atomic E-state index is 0.237. The standard InChI is InChI=1S/C13H15BrN2O2/c1-7-6-10(14)8(2)5-9(7)11(17)16-13(3-4-13)12(15)18/h5-6H,3-4H2,1-2H3,(H2,15,18)(H,16,17). The van der Waals surface area contributed by atoms with Crippen LogP contribution in [0.5, 0.6) is 0 Å². The predicted molar refractivity (Wildman–Crippen MR) is 72.2 cm³/mol. The summed E-state index contributed by atoms with van der Waals surface area (Å²) >= 11 is 3.42. The Hall–Kier alpha value is -1.36. The number of hydrogen-bond acceptors (Lipinski definition) is 2. The van der Waals surface area contributed by atoms with Gasteiger partial charge in [-0.25, -0.2) is 0 Å². The van der Waals surface area contributed by atoms with Crippen LogP contribution in [-0.4, -0.2) is 17.4 Å². The monoisotopic (exact) mass is 310 g/mol. The first-order valence-electron chi connectivity index (χ1n) is 5.75. The van der Waals surface area contributed by atoms with Crippen LogP contribution in [0.15, 0.2) is 16.6 Å². The first-order valence-corrected chi connectivity index (χ1v) is 6.54. The summed E-state index contributed by atoms with van der Waals surface area (Å²) in [6.07, 6.45) is 1.26. The molecular formula is C13H15BrN2O2. The number of benzene rings is 1. The summed E-state index contributed by atoms with van der Waals surface area (Å²) in [5, 5.41) is 2.74. The second-order valence-electron chi connectivity index (χ2n) is 4.82. The molecule has 0 unspecified atom stereocenters. The lowest BCUT2D eigenvalue weighted by Gasteiger charge is -2.15. The highest BCUT2D eigenvalue weighted by Gasteiger charge is 2.50. The quantitative estimate of drug-likeness (QED) is 0.893. The first kappa shape index (κ1) is 13.1. The number of primary amides is 1. The molecule has 0 heterocycles. The summed E-state index contributed by atoms with van der Waals surface area (Å²) in [6, 6.07) is 3.71. The number of carbonyl (C=O) groups excluding carboxylic acids is 2. The predicted octanol–water partition coefficient (Wildman–Crippen LogP) is 1.81. The zero-order valence-electron chi connectivity index (χ0n) is 10.3. The third-order valence-electron chi connectivity index (χ3n) is 3.32. The number of halogens is 1. The fourth-order valence-corrected chi connectivity index (χ4v) is 2.33. The highest BCUT2D eigenvalue weighted by molar-refractivity contribution is 9.10. The molecule has 1 aromatic carbocycles. The van der Waals surface area contributed by atoms with Crippen LogP contribution in [0.3, 0.4) is 0 Å². The molecule has 0 radical (unpaired) electrons. The van der Waals surface area contributed by atoms with Crippen LogP contribution in [0.1, 0.15) is 34.3 Å². The Balaban J connectivity index is 2.25. The Morgan fingerprint density at radius 3 is 2.39 bits per heavy atom. The molecule has 18 heavy (non-hydrogen) atoms. The van der Waals surface area contributed by atoms with E-state index in [2.05, 4.69) is 21.2 Å². The Labute approximate surface area is 114 Å². The molecule has 0 aromatic heterocycles. The van der Waals surface area contributed by atoms with Crippen molar-refractivity contribution in [2.45, 2.75) is 32.2 Å². The summed E-state index contributed by atoms with van der Waals surface area (Å²) in [7, 11) is 0. The molecule has 4 nitrogen and oxygen atoms in total. The van der Waals surface area contributed by atoms with Gasteiger partial charge in [0.1, 0.15) is 5.54 Å². The molecule has 3 N–H and O–H groups in total. The van der Waals surface area contributed by atoms with E-state index < -0.39 is 11.4 Å². The van der Waals surface area contributed by atoms with Crippen molar-refractivity contribution >= 4 is 27.7 Å². The van der Waals surface area contributed by atoms with Crippen molar-refractivity contribution in [2.24, 2.45) is 5.73 Å². The van der Waals surface area contributed by atoms with Gasteiger partial charge in [-0.1, -0.05) is 15.9 Å². The smallest absolute Gasteiger partial charge is 0.252 e. The number of aryl methyl sites for hydroxylation is 2. The van der Waals surface area contributed by atoms with Gasteiger partial charge in [0, 0.05) is 10.0 Å². The van der Waals surface area contributed by atoms with E-state index in [-0.39, 0.29) is 5.91 Å². The van der Waals surface area contributed by atoms with Crippen molar-refractivity contribution in [3.05, 3.63) is 33.3 Å². The number of nitrogens with one attached hydrogen (secondary N) is 1. The maximum Gasteiger partial charge on any atom is 0.252 e. The van der Waals surface area contributed by atoms with Gasteiger partial charge >= 0.3 is 0 Å². The summed E-state index contributed by atoms with van der Waals surface area (Å²) in [5.74, 6) is -0.693. The molecule has 0 aliphatic heterocycles. The van der Waals surface area contributed by atoms with Gasteiger partial charge in [0.25, 0.3) is 5.91 Å².